The Morgan fingerprint density at radius 3 is 2.75 bits per heavy atom. The third kappa shape index (κ3) is 3.67. The highest BCUT2D eigenvalue weighted by Crippen LogP contribution is 2.16. The van der Waals surface area contributed by atoms with Crippen LogP contribution in [0.4, 0.5) is 0 Å². The summed E-state index contributed by atoms with van der Waals surface area (Å²) in [4.78, 5) is 16.4. The summed E-state index contributed by atoms with van der Waals surface area (Å²) in [7, 11) is 0. The second-order valence-electron chi connectivity index (χ2n) is 5.55. The van der Waals surface area contributed by atoms with Crippen molar-refractivity contribution in [3.05, 3.63) is 71.5 Å². The molecule has 0 saturated carbocycles. The first-order valence-corrected chi connectivity index (χ1v) is 7.62. The largest absolute Gasteiger partial charge is 0.387 e. The molecule has 0 radical (unpaired) electrons. The van der Waals surface area contributed by atoms with E-state index >= 15 is 0 Å². The van der Waals surface area contributed by atoms with Gasteiger partial charge in [0.25, 0.3) is 5.91 Å². The zero-order valence-electron chi connectivity index (χ0n) is 13.2. The summed E-state index contributed by atoms with van der Waals surface area (Å²) in [6.07, 6.45) is 0.673. The minimum Gasteiger partial charge on any atom is -0.387 e. The molecule has 3 rings (SSSR count). The molecular formula is C18H18N4O2. The van der Waals surface area contributed by atoms with Gasteiger partial charge in [-0.3, -0.25) is 9.89 Å². The van der Waals surface area contributed by atoms with Gasteiger partial charge in [-0.1, -0.05) is 42.0 Å². The highest BCUT2D eigenvalue weighted by atomic mass is 16.3. The zero-order valence-corrected chi connectivity index (χ0v) is 13.2. The average molecular weight is 322 g/mol. The molecule has 1 aromatic heterocycles. The molecule has 0 aliphatic carbocycles. The number of aromatic nitrogens is 3. The molecule has 0 unspecified atom stereocenters. The fourth-order valence-corrected chi connectivity index (χ4v) is 2.35. The highest BCUT2D eigenvalue weighted by molar-refractivity contribution is 5.95. The van der Waals surface area contributed by atoms with Crippen LogP contribution in [0.25, 0.3) is 11.4 Å². The second-order valence-corrected chi connectivity index (χ2v) is 5.55. The van der Waals surface area contributed by atoms with Crippen LogP contribution >= 0.6 is 0 Å². The lowest BCUT2D eigenvalue weighted by atomic mass is 10.1. The normalized spacial score (nSPS) is 11.9. The van der Waals surface area contributed by atoms with Gasteiger partial charge in [-0.25, -0.2) is 4.98 Å². The van der Waals surface area contributed by atoms with Crippen molar-refractivity contribution in [3.8, 4) is 11.4 Å². The van der Waals surface area contributed by atoms with Crippen LogP contribution in [0.3, 0.4) is 0 Å². The lowest BCUT2D eigenvalue weighted by Gasteiger charge is -2.13. The Kier molecular flexibility index (Phi) is 4.67. The molecule has 1 heterocycles. The van der Waals surface area contributed by atoms with E-state index in [1.807, 2.05) is 37.3 Å². The first-order valence-electron chi connectivity index (χ1n) is 7.62. The van der Waals surface area contributed by atoms with Gasteiger partial charge in [0.15, 0.2) is 5.82 Å². The van der Waals surface area contributed by atoms with Gasteiger partial charge < -0.3 is 10.4 Å². The van der Waals surface area contributed by atoms with E-state index in [0.29, 0.717) is 11.4 Å². The van der Waals surface area contributed by atoms with Crippen LogP contribution in [0, 0.1) is 6.92 Å². The number of carbonyl (C=O) groups excluding carboxylic acids is 1. The predicted molar refractivity (Wildman–Crippen MR) is 90.3 cm³/mol. The third-order valence-electron chi connectivity index (χ3n) is 3.73. The van der Waals surface area contributed by atoms with Gasteiger partial charge in [0.05, 0.1) is 6.10 Å². The Balaban J connectivity index is 1.65. The van der Waals surface area contributed by atoms with Crippen molar-refractivity contribution in [2.45, 2.75) is 13.0 Å². The van der Waals surface area contributed by atoms with Crippen molar-refractivity contribution >= 4 is 5.91 Å². The number of hydrogen-bond acceptors (Lipinski definition) is 4. The van der Waals surface area contributed by atoms with Crippen molar-refractivity contribution in [2.75, 3.05) is 6.54 Å². The van der Waals surface area contributed by atoms with Gasteiger partial charge in [0, 0.05) is 17.7 Å². The number of benzene rings is 2. The molecule has 0 saturated heterocycles. The van der Waals surface area contributed by atoms with E-state index < -0.39 is 6.10 Å². The van der Waals surface area contributed by atoms with Gasteiger partial charge >= 0.3 is 0 Å². The standard InChI is InChI=1S/C18H18N4O2/c1-12-5-7-13(8-6-12)16(23)10-19-18(24)15-4-2-3-14(9-15)17-20-11-21-22-17/h2-9,11,16,23H,10H2,1H3,(H,19,24)(H,20,21,22)/t16-/m0/s1. The molecule has 6 heteroatoms. The fraction of sp³-hybridized carbons (Fsp3) is 0.167. The molecule has 0 bridgehead atoms. The molecule has 24 heavy (non-hydrogen) atoms. The Labute approximate surface area is 139 Å². The number of amides is 1. The van der Waals surface area contributed by atoms with Crippen molar-refractivity contribution in [3.63, 3.8) is 0 Å². The summed E-state index contributed by atoms with van der Waals surface area (Å²) in [5, 5.41) is 19.5. The third-order valence-corrected chi connectivity index (χ3v) is 3.73. The summed E-state index contributed by atoms with van der Waals surface area (Å²) >= 11 is 0. The molecule has 0 fully saturated rings. The summed E-state index contributed by atoms with van der Waals surface area (Å²) in [6.45, 7) is 2.13. The van der Waals surface area contributed by atoms with Crippen molar-refractivity contribution < 1.29 is 9.90 Å². The Bertz CT molecular complexity index is 813. The first-order chi connectivity index (χ1) is 11.6. The van der Waals surface area contributed by atoms with Crippen LogP contribution in [0.2, 0.25) is 0 Å². The number of nitrogens with zero attached hydrogens (tertiary/aromatic N) is 2. The van der Waals surface area contributed by atoms with Crippen molar-refractivity contribution in [1.82, 2.24) is 20.5 Å². The second kappa shape index (κ2) is 7.06. The minimum atomic E-state index is -0.744. The number of aryl methyl sites for hydroxylation is 1. The number of rotatable bonds is 5. The van der Waals surface area contributed by atoms with E-state index in [1.165, 1.54) is 6.33 Å². The van der Waals surface area contributed by atoms with Crippen LogP contribution in [0.1, 0.15) is 27.6 Å². The fourth-order valence-electron chi connectivity index (χ4n) is 2.35. The maximum absolute atomic E-state index is 12.3. The maximum Gasteiger partial charge on any atom is 0.251 e. The highest BCUT2D eigenvalue weighted by Gasteiger charge is 2.12. The molecule has 0 aliphatic heterocycles. The number of nitrogens with one attached hydrogen (secondary N) is 2. The summed E-state index contributed by atoms with van der Waals surface area (Å²) < 4.78 is 0. The molecular weight excluding hydrogens is 304 g/mol. The van der Waals surface area contributed by atoms with E-state index in [9.17, 15) is 9.90 Å². The quantitative estimate of drug-likeness (QED) is 0.672. The molecule has 3 N–H and O–H groups in total. The van der Waals surface area contributed by atoms with Crippen molar-refractivity contribution in [1.29, 1.82) is 0 Å². The number of aliphatic hydroxyl groups excluding tert-OH is 1. The van der Waals surface area contributed by atoms with Gasteiger partial charge in [-0.15, -0.1) is 0 Å². The number of carbonyl (C=O) groups is 1. The van der Waals surface area contributed by atoms with E-state index in [2.05, 4.69) is 20.5 Å². The number of aromatic amines is 1. The number of H-pyrrole nitrogens is 1. The lowest BCUT2D eigenvalue weighted by Crippen LogP contribution is -2.28. The zero-order chi connectivity index (χ0) is 16.9. The van der Waals surface area contributed by atoms with E-state index in [4.69, 9.17) is 0 Å². The van der Waals surface area contributed by atoms with Crippen LogP contribution in [-0.2, 0) is 0 Å². The van der Waals surface area contributed by atoms with E-state index in [1.54, 1.807) is 18.2 Å². The Hall–Kier alpha value is -2.99. The predicted octanol–water partition coefficient (Wildman–Crippen LogP) is 2.24. The Morgan fingerprint density at radius 1 is 1.25 bits per heavy atom. The first kappa shape index (κ1) is 15.9. The summed E-state index contributed by atoms with van der Waals surface area (Å²) in [5.41, 5.74) is 3.18. The molecule has 122 valence electrons. The van der Waals surface area contributed by atoms with Crippen LogP contribution < -0.4 is 5.32 Å². The minimum absolute atomic E-state index is 0.147. The molecule has 0 aliphatic rings. The van der Waals surface area contributed by atoms with Crippen LogP contribution in [0.5, 0.6) is 0 Å². The summed E-state index contributed by atoms with van der Waals surface area (Å²) in [6, 6.07) is 14.7. The van der Waals surface area contributed by atoms with Crippen molar-refractivity contribution in [2.24, 2.45) is 0 Å². The monoisotopic (exact) mass is 322 g/mol. The molecule has 1 amide bonds. The van der Waals surface area contributed by atoms with E-state index in [0.717, 1.165) is 16.7 Å². The van der Waals surface area contributed by atoms with Gasteiger partial charge in [0.1, 0.15) is 6.33 Å². The maximum atomic E-state index is 12.3. The van der Waals surface area contributed by atoms with Gasteiger partial charge in [-0.2, -0.15) is 5.10 Å². The lowest BCUT2D eigenvalue weighted by molar-refractivity contribution is 0.0916. The molecule has 3 aromatic rings. The summed E-state index contributed by atoms with van der Waals surface area (Å²) in [5.74, 6) is 0.354. The van der Waals surface area contributed by atoms with Gasteiger partial charge in [-0.05, 0) is 24.6 Å². The van der Waals surface area contributed by atoms with Crippen LogP contribution in [-0.4, -0.2) is 32.7 Å². The number of aliphatic hydroxyl groups is 1. The SMILES string of the molecule is Cc1ccc([C@@H](O)CNC(=O)c2cccc(-c3ncn[nH]3)c2)cc1. The topological polar surface area (TPSA) is 90.9 Å². The van der Waals surface area contributed by atoms with E-state index in [-0.39, 0.29) is 12.5 Å². The molecule has 1 atom stereocenters. The average Bonchev–Trinajstić information content (AvgIpc) is 3.15. The van der Waals surface area contributed by atoms with Crippen LogP contribution in [0.15, 0.2) is 54.9 Å². The van der Waals surface area contributed by atoms with Gasteiger partial charge in [0.2, 0.25) is 0 Å². The Morgan fingerprint density at radius 2 is 2.04 bits per heavy atom. The molecule has 6 nitrogen and oxygen atoms in total. The smallest absolute Gasteiger partial charge is 0.251 e. The number of hydrogen-bond donors (Lipinski definition) is 3. The molecule has 0 spiro atoms. The molecule has 2 aromatic carbocycles.